The second-order valence-electron chi connectivity index (χ2n) is 8.28. The van der Waals surface area contributed by atoms with Crippen LogP contribution in [0.3, 0.4) is 0 Å². The average molecular weight is 438 g/mol. The van der Waals surface area contributed by atoms with Crippen LogP contribution in [0.25, 0.3) is 10.9 Å². The fourth-order valence-corrected chi connectivity index (χ4v) is 5.61. The van der Waals surface area contributed by atoms with Crippen LogP contribution in [-0.2, 0) is 14.8 Å². The average Bonchev–Trinajstić information content (AvgIpc) is 2.79. The molecule has 0 saturated carbocycles. The number of anilines is 1. The van der Waals surface area contributed by atoms with E-state index in [0.29, 0.717) is 37.4 Å². The van der Waals surface area contributed by atoms with Crippen molar-refractivity contribution in [3.8, 4) is 0 Å². The van der Waals surface area contributed by atoms with Gasteiger partial charge in [-0.25, -0.2) is 8.42 Å². The van der Waals surface area contributed by atoms with Crippen LogP contribution in [0.15, 0.2) is 65.7 Å². The molecule has 0 bridgehead atoms. The summed E-state index contributed by atoms with van der Waals surface area (Å²) in [4.78, 5) is 17.2. The maximum atomic E-state index is 13.2. The van der Waals surface area contributed by atoms with E-state index in [9.17, 15) is 13.2 Å². The van der Waals surface area contributed by atoms with E-state index >= 15 is 0 Å². The summed E-state index contributed by atoms with van der Waals surface area (Å²) in [6, 6.07) is 16.7. The molecule has 0 spiro atoms. The SMILES string of the molecule is CC(C)c1ccc(NC(=O)C2CCN(S(=O)(=O)c3cccc4cccnc34)CC2)cc1. The van der Waals surface area contributed by atoms with Crippen molar-refractivity contribution in [3.63, 3.8) is 0 Å². The van der Waals surface area contributed by atoms with Gasteiger partial charge in [-0.15, -0.1) is 0 Å². The number of rotatable bonds is 5. The first-order chi connectivity index (χ1) is 14.9. The molecule has 162 valence electrons. The number of carbonyl (C=O) groups is 1. The van der Waals surface area contributed by atoms with Crippen LogP contribution in [-0.4, -0.2) is 36.7 Å². The fraction of sp³-hybridized carbons (Fsp3) is 0.333. The molecule has 31 heavy (non-hydrogen) atoms. The normalized spacial score (nSPS) is 16.0. The summed E-state index contributed by atoms with van der Waals surface area (Å²) in [5.74, 6) is 0.177. The number of nitrogens with zero attached hydrogens (tertiary/aromatic N) is 2. The molecule has 2 aromatic carbocycles. The van der Waals surface area contributed by atoms with Crippen LogP contribution in [0.1, 0.15) is 38.2 Å². The molecule has 1 fully saturated rings. The number of sulfonamides is 1. The van der Waals surface area contributed by atoms with Crippen molar-refractivity contribution in [2.45, 2.75) is 37.5 Å². The van der Waals surface area contributed by atoms with Gasteiger partial charge in [0.05, 0.1) is 5.52 Å². The quantitative estimate of drug-likeness (QED) is 0.642. The Morgan fingerprint density at radius 3 is 2.39 bits per heavy atom. The molecule has 0 aliphatic carbocycles. The van der Waals surface area contributed by atoms with Gasteiger partial charge in [0.2, 0.25) is 15.9 Å². The first-order valence-corrected chi connectivity index (χ1v) is 12.0. The predicted molar refractivity (Wildman–Crippen MR) is 122 cm³/mol. The van der Waals surface area contributed by atoms with E-state index in [1.165, 1.54) is 9.87 Å². The minimum atomic E-state index is -3.67. The van der Waals surface area contributed by atoms with Gasteiger partial charge in [-0.3, -0.25) is 9.78 Å². The lowest BCUT2D eigenvalue weighted by atomic mass is 9.97. The molecule has 1 aromatic heterocycles. The number of fused-ring (bicyclic) bond motifs is 1. The smallest absolute Gasteiger partial charge is 0.245 e. The summed E-state index contributed by atoms with van der Waals surface area (Å²) >= 11 is 0. The number of para-hydroxylation sites is 1. The van der Waals surface area contributed by atoms with E-state index in [2.05, 4.69) is 24.1 Å². The van der Waals surface area contributed by atoms with E-state index < -0.39 is 10.0 Å². The molecule has 1 amide bonds. The van der Waals surface area contributed by atoms with Crippen molar-refractivity contribution in [2.24, 2.45) is 5.92 Å². The molecule has 3 aromatic rings. The van der Waals surface area contributed by atoms with Crippen molar-refractivity contribution in [3.05, 3.63) is 66.4 Å². The lowest BCUT2D eigenvalue weighted by Crippen LogP contribution is -2.41. The molecule has 0 radical (unpaired) electrons. The molecule has 0 unspecified atom stereocenters. The number of pyridine rings is 1. The lowest BCUT2D eigenvalue weighted by molar-refractivity contribution is -0.120. The first-order valence-electron chi connectivity index (χ1n) is 10.6. The molecule has 2 heterocycles. The maximum Gasteiger partial charge on any atom is 0.245 e. The number of amides is 1. The zero-order chi connectivity index (χ0) is 22.0. The van der Waals surface area contributed by atoms with Gasteiger partial charge in [0.25, 0.3) is 0 Å². The van der Waals surface area contributed by atoms with Crippen LogP contribution in [0, 0.1) is 5.92 Å². The minimum Gasteiger partial charge on any atom is -0.326 e. The highest BCUT2D eigenvalue weighted by molar-refractivity contribution is 7.89. The first kappa shape index (κ1) is 21.5. The molecule has 7 heteroatoms. The van der Waals surface area contributed by atoms with Gasteiger partial charge in [0, 0.05) is 36.3 Å². The summed E-state index contributed by atoms with van der Waals surface area (Å²) in [5.41, 5.74) is 2.47. The van der Waals surface area contributed by atoms with E-state index in [1.54, 1.807) is 24.4 Å². The van der Waals surface area contributed by atoms with Crippen molar-refractivity contribution < 1.29 is 13.2 Å². The second kappa shape index (κ2) is 8.77. The van der Waals surface area contributed by atoms with E-state index in [0.717, 1.165) is 11.1 Å². The second-order valence-corrected chi connectivity index (χ2v) is 10.2. The summed E-state index contributed by atoms with van der Waals surface area (Å²) in [5, 5.41) is 3.76. The monoisotopic (exact) mass is 437 g/mol. The molecule has 1 aliphatic rings. The number of hydrogen-bond donors (Lipinski definition) is 1. The van der Waals surface area contributed by atoms with E-state index in [1.807, 2.05) is 36.4 Å². The summed E-state index contributed by atoms with van der Waals surface area (Å²) < 4.78 is 28.0. The van der Waals surface area contributed by atoms with Gasteiger partial charge in [-0.1, -0.05) is 44.2 Å². The number of piperidine rings is 1. The van der Waals surface area contributed by atoms with Crippen molar-refractivity contribution in [1.82, 2.24) is 9.29 Å². The molecular weight excluding hydrogens is 410 g/mol. The van der Waals surface area contributed by atoms with Gasteiger partial charge in [-0.05, 0) is 48.6 Å². The Morgan fingerprint density at radius 2 is 1.71 bits per heavy atom. The van der Waals surface area contributed by atoms with E-state index in [4.69, 9.17) is 0 Å². The van der Waals surface area contributed by atoms with Gasteiger partial charge in [-0.2, -0.15) is 4.31 Å². The van der Waals surface area contributed by atoms with Gasteiger partial charge < -0.3 is 5.32 Å². The van der Waals surface area contributed by atoms with Crippen LogP contribution in [0.5, 0.6) is 0 Å². The highest BCUT2D eigenvalue weighted by Crippen LogP contribution is 2.28. The standard InChI is InChI=1S/C24H27N3O3S/c1-17(2)18-8-10-21(11-9-18)26-24(28)20-12-15-27(16-13-20)31(29,30)22-7-3-5-19-6-4-14-25-23(19)22/h3-11,14,17,20H,12-13,15-16H2,1-2H3,(H,26,28). The van der Waals surface area contributed by atoms with Crippen molar-refractivity contribution >= 4 is 32.5 Å². The summed E-state index contributed by atoms with van der Waals surface area (Å²) in [6.45, 7) is 4.89. The number of aromatic nitrogens is 1. The topological polar surface area (TPSA) is 79.4 Å². The zero-order valence-corrected chi connectivity index (χ0v) is 18.6. The Balaban J connectivity index is 1.42. The largest absolute Gasteiger partial charge is 0.326 e. The van der Waals surface area contributed by atoms with Crippen molar-refractivity contribution in [1.29, 1.82) is 0 Å². The Labute approximate surface area is 183 Å². The third-order valence-corrected chi connectivity index (χ3v) is 7.81. The number of carbonyl (C=O) groups excluding carboxylic acids is 1. The Kier molecular flexibility index (Phi) is 6.07. The molecule has 4 rings (SSSR count). The minimum absolute atomic E-state index is 0.0545. The highest BCUT2D eigenvalue weighted by Gasteiger charge is 2.33. The summed E-state index contributed by atoms with van der Waals surface area (Å²) in [7, 11) is -3.67. The van der Waals surface area contributed by atoms with Crippen molar-refractivity contribution in [2.75, 3.05) is 18.4 Å². The molecule has 1 N–H and O–H groups in total. The Hall–Kier alpha value is -2.77. The van der Waals surface area contributed by atoms with Gasteiger partial charge in [0.15, 0.2) is 0 Å². The molecule has 0 atom stereocenters. The molecule has 6 nitrogen and oxygen atoms in total. The van der Waals surface area contributed by atoms with E-state index in [-0.39, 0.29) is 16.7 Å². The van der Waals surface area contributed by atoms with Crippen LogP contribution in [0.4, 0.5) is 5.69 Å². The number of nitrogens with one attached hydrogen (secondary N) is 1. The van der Waals surface area contributed by atoms with Gasteiger partial charge >= 0.3 is 0 Å². The maximum absolute atomic E-state index is 13.2. The third-order valence-electron chi connectivity index (χ3n) is 5.88. The lowest BCUT2D eigenvalue weighted by Gasteiger charge is -2.30. The Bertz CT molecular complexity index is 1180. The Morgan fingerprint density at radius 1 is 1.03 bits per heavy atom. The molecule has 1 saturated heterocycles. The third kappa shape index (κ3) is 4.48. The van der Waals surface area contributed by atoms with Gasteiger partial charge in [0.1, 0.15) is 4.90 Å². The molecule has 1 aliphatic heterocycles. The highest BCUT2D eigenvalue weighted by atomic mass is 32.2. The summed E-state index contributed by atoms with van der Waals surface area (Å²) in [6.07, 6.45) is 2.59. The number of benzene rings is 2. The van der Waals surface area contributed by atoms with Crippen LogP contribution >= 0.6 is 0 Å². The van der Waals surface area contributed by atoms with Crippen LogP contribution in [0.2, 0.25) is 0 Å². The predicted octanol–water partition coefficient (Wildman–Crippen LogP) is 4.40. The number of hydrogen-bond acceptors (Lipinski definition) is 4. The zero-order valence-electron chi connectivity index (χ0n) is 17.8. The molecular formula is C24H27N3O3S. The van der Waals surface area contributed by atoms with Crippen LogP contribution < -0.4 is 5.32 Å². The fourth-order valence-electron chi connectivity index (χ4n) is 3.98.